The van der Waals surface area contributed by atoms with Crippen molar-refractivity contribution in [3.05, 3.63) is 95.8 Å². The van der Waals surface area contributed by atoms with Gasteiger partial charge in [-0.1, -0.05) is 60.2 Å². The van der Waals surface area contributed by atoms with Crippen LogP contribution in [-0.4, -0.2) is 22.1 Å². The minimum absolute atomic E-state index is 0.0453. The van der Waals surface area contributed by atoms with E-state index in [0.29, 0.717) is 19.6 Å². The number of nitrogens with one attached hydrogen (secondary N) is 1. The number of imidazole rings is 1. The summed E-state index contributed by atoms with van der Waals surface area (Å²) < 4.78 is 8.08. The number of aromatic nitrogens is 2. The van der Waals surface area contributed by atoms with Crippen molar-refractivity contribution in [3.63, 3.8) is 0 Å². The van der Waals surface area contributed by atoms with Crippen LogP contribution in [0.5, 0.6) is 5.75 Å². The fourth-order valence-electron chi connectivity index (χ4n) is 3.87. The van der Waals surface area contributed by atoms with Crippen LogP contribution in [0.25, 0.3) is 11.0 Å². The summed E-state index contributed by atoms with van der Waals surface area (Å²) in [6.45, 7) is 4.03. The predicted molar refractivity (Wildman–Crippen MR) is 132 cm³/mol. The van der Waals surface area contributed by atoms with Crippen LogP contribution in [0.4, 0.5) is 0 Å². The molecule has 1 amide bonds. The Bertz CT molecular complexity index is 1170. The first-order valence-corrected chi connectivity index (χ1v) is 11.6. The molecule has 0 saturated carbocycles. The quantitative estimate of drug-likeness (QED) is 0.315. The number of fused-ring (bicyclic) bond motifs is 1. The predicted octanol–water partition coefficient (Wildman–Crippen LogP) is 5.45. The number of ether oxygens (including phenoxy) is 1. The Labute approximate surface area is 195 Å². The molecular formula is C28H31N3O2. The molecule has 1 N–H and O–H groups in total. The smallest absolute Gasteiger partial charge is 0.220 e. The highest BCUT2D eigenvalue weighted by Gasteiger charge is 2.11. The second kappa shape index (κ2) is 11.3. The zero-order valence-corrected chi connectivity index (χ0v) is 19.2. The van der Waals surface area contributed by atoms with Gasteiger partial charge in [0.05, 0.1) is 24.2 Å². The van der Waals surface area contributed by atoms with E-state index in [2.05, 4.69) is 47.1 Å². The molecule has 170 valence electrons. The van der Waals surface area contributed by atoms with E-state index in [0.717, 1.165) is 48.4 Å². The molecular weight excluding hydrogens is 410 g/mol. The number of benzene rings is 3. The zero-order valence-electron chi connectivity index (χ0n) is 19.2. The number of amides is 1. The molecule has 0 radical (unpaired) electrons. The monoisotopic (exact) mass is 441 g/mol. The van der Waals surface area contributed by atoms with Gasteiger partial charge in [-0.15, -0.1) is 0 Å². The number of unbranched alkanes of at least 4 members (excludes halogenated alkanes) is 1. The Kier molecular flexibility index (Phi) is 7.75. The molecule has 0 aliphatic rings. The van der Waals surface area contributed by atoms with E-state index in [1.165, 1.54) is 11.1 Å². The van der Waals surface area contributed by atoms with Crippen LogP contribution in [0, 0.1) is 6.92 Å². The third-order valence-corrected chi connectivity index (χ3v) is 5.73. The average molecular weight is 442 g/mol. The number of aryl methyl sites for hydroxylation is 3. The van der Waals surface area contributed by atoms with Crippen molar-refractivity contribution in [2.45, 2.75) is 45.7 Å². The molecule has 1 aromatic heterocycles. The standard InChI is InChI=1S/C28H31N3O2/c1-22-13-16-24(17-14-22)33-20-8-7-19-31-26-12-6-5-11-25(26)30-27(31)21-29-28(32)18-15-23-9-3-2-4-10-23/h2-6,9-14,16-17H,7-8,15,18-21H2,1H3,(H,29,32). The van der Waals surface area contributed by atoms with Gasteiger partial charge in [-0.25, -0.2) is 4.98 Å². The van der Waals surface area contributed by atoms with E-state index >= 15 is 0 Å². The maximum Gasteiger partial charge on any atom is 0.220 e. The van der Waals surface area contributed by atoms with Crippen LogP contribution in [0.3, 0.4) is 0 Å². The lowest BCUT2D eigenvalue weighted by atomic mass is 10.1. The summed E-state index contributed by atoms with van der Waals surface area (Å²) in [6, 6.07) is 26.4. The highest BCUT2D eigenvalue weighted by Crippen LogP contribution is 2.18. The maximum atomic E-state index is 12.4. The molecule has 0 aliphatic carbocycles. The van der Waals surface area contributed by atoms with Crippen molar-refractivity contribution in [2.75, 3.05) is 6.61 Å². The third-order valence-electron chi connectivity index (χ3n) is 5.73. The summed E-state index contributed by atoms with van der Waals surface area (Å²) in [7, 11) is 0. The lowest BCUT2D eigenvalue weighted by Crippen LogP contribution is -2.25. The highest BCUT2D eigenvalue weighted by molar-refractivity contribution is 5.77. The molecule has 5 heteroatoms. The molecule has 0 fully saturated rings. The lowest BCUT2D eigenvalue weighted by molar-refractivity contribution is -0.121. The molecule has 1 heterocycles. The van der Waals surface area contributed by atoms with Crippen LogP contribution in [0.15, 0.2) is 78.9 Å². The Morgan fingerprint density at radius 2 is 1.70 bits per heavy atom. The van der Waals surface area contributed by atoms with E-state index in [-0.39, 0.29) is 5.91 Å². The van der Waals surface area contributed by atoms with Gasteiger partial charge in [0, 0.05) is 13.0 Å². The molecule has 3 aromatic carbocycles. The third kappa shape index (κ3) is 6.45. The van der Waals surface area contributed by atoms with Crippen LogP contribution >= 0.6 is 0 Å². The number of hydrogen-bond donors (Lipinski definition) is 1. The van der Waals surface area contributed by atoms with Gasteiger partial charge in [-0.2, -0.15) is 0 Å². The molecule has 0 spiro atoms. The molecule has 0 saturated heterocycles. The topological polar surface area (TPSA) is 56.1 Å². The molecule has 0 bridgehead atoms. The summed E-state index contributed by atoms with van der Waals surface area (Å²) in [4.78, 5) is 17.2. The van der Waals surface area contributed by atoms with Gasteiger partial charge < -0.3 is 14.6 Å². The minimum Gasteiger partial charge on any atom is -0.494 e. The molecule has 33 heavy (non-hydrogen) atoms. The molecule has 0 unspecified atom stereocenters. The first-order valence-electron chi connectivity index (χ1n) is 11.6. The normalized spacial score (nSPS) is 10.9. The Hall–Kier alpha value is -3.60. The lowest BCUT2D eigenvalue weighted by Gasteiger charge is -2.11. The van der Waals surface area contributed by atoms with E-state index in [1.54, 1.807) is 0 Å². The van der Waals surface area contributed by atoms with Crippen LogP contribution in [0.2, 0.25) is 0 Å². The number of carbonyl (C=O) groups excluding carboxylic acids is 1. The molecule has 5 nitrogen and oxygen atoms in total. The number of para-hydroxylation sites is 2. The Morgan fingerprint density at radius 3 is 2.52 bits per heavy atom. The number of hydrogen-bond acceptors (Lipinski definition) is 3. The van der Waals surface area contributed by atoms with E-state index in [4.69, 9.17) is 9.72 Å². The van der Waals surface area contributed by atoms with E-state index in [1.807, 2.05) is 48.5 Å². The number of rotatable bonds is 11. The van der Waals surface area contributed by atoms with E-state index < -0.39 is 0 Å². The second-order valence-electron chi connectivity index (χ2n) is 8.30. The fourth-order valence-corrected chi connectivity index (χ4v) is 3.87. The van der Waals surface area contributed by atoms with Crippen molar-refractivity contribution in [3.8, 4) is 5.75 Å². The van der Waals surface area contributed by atoms with Crippen molar-refractivity contribution < 1.29 is 9.53 Å². The van der Waals surface area contributed by atoms with E-state index in [9.17, 15) is 4.79 Å². The van der Waals surface area contributed by atoms with Crippen LogP contribution in [-0.2, 0) is 24.3 Å². The van der Waals surface area contributed by atoms with Gasteiger partial charge >= 0.3 is 0 Å². The maximum absolute atomic E-state index is 12.4. The minimum atomic E-state index is 0.0453. The summed E-state index contributed by atoms with van der Waals surface area (Å²) in [5, 5.41) is 3.05. The summed E-state index contributed by atoms with van der Waals surface area (Å²) in [6.07, 6.45) is 3.13. The molecule has 0 atom stereocenters. The van der Waals surface area contributed by atoms with Crippen LogP contribution < -0.4 is 10.1 Å². The summed E-state index contributed by atoms with van der Waals surface area (Å²) in [5.41, 5.74) is 4.47. The summed E-state index contributed by atoms with van der Waals surface area (Å²) >= 11 is 0. The zero-order chi connectivity index (χ0) is 22.9. The molecule has 4 rings (SSSR count). The highest BCUT2D eigenvalue weighted by atomic mass is 16.5. The number of carbonyl (C=O) groups is 1. The average Bonchev–Trinajstić information content (AvgIpc) is 3.20. The SMILES string of the molecule is Cc1ccc(OCCCCn2c(CNC(=O)CCc3ccccc3)nc3ccccc32)cc1. The van der Waals surface area contributed by atoms with Crippen molar-refractivity contribution in [1.82, 2.24) is 14.9 Å². The van der Waals surface area contributed by atoms with Gasteiger partial charge in [0.2, 0.25) is 5.91 Å². The van der Waals surface area contributed by atoms with Crippen molar-refractivity contribution in [2.24, 2.45) is 0 Å². The second-order valence-corrected chi connectivity index (χ2v) is 8.30. The van der Waals surface area contributed by atoms with Crippen molar-refractivity contribution in [1.29, 1.82) is 0 Å². The van der Waals surface area contributed by atoms with Crippen LogP contribution in [0.1, 0.15) is 36.2 Å². The Balaban J connectivity index is 1.30. The largest absolute Gasteiger partial charge is 0.494 e. The first kappa shape index (κ1) is 22.6. The van der Waals surface area contributed by atoms with Gasteiger partial charge in [0.15, 0.2) is 0 Å². The first-order chi connectivity index (χ1) is 16.2. The molecule has 0 aliphatic heterocycles. The van der Waals surface area contributed by atoms with Gasteiger partial charge in [-0.05, 0) is 56.0 Å². The molecule has 4 aromatic rings. The fraction of sp³-hybridized carbons (Fsp3) is 0.286. The van der Waals surface area contributed by atoms with Gasteiger partial charge in [0.1, 0.15) is 11.6 Å². The number of nitrogens with zero attached hydrogens (tertiary/aromatic N) is 2. The Morgan fingerprint density at radius 1 is 0.939 bits per heavy atom. The van der Waals surface area contributed by atoms with Gasteiger partial charge in [0.25, 0.3) is 0 Å². The van der Waals surface area contributed by atoms with Gasteiger partial charge in [-0.3, -0.25) is 4.79 Å². The summed E-state index contributed by atoms with van der Waals surface area (Å²) in [5.74, 6) is 1.85. The van der Waals surface area contributed by atoms with Crippen molar-refractivity contribution >= 4 is 16.9 Å².